The summed E-state index contributed by atoms with van der Waals surface area (Å²) >= 11 is 3.45. The van der Waals surface area contributed by atoms with Gasteiger partial charge in [-0.15, -0.1) is 0 Å². The monoisotopic (exact) mass is 389 g/mol. The van der Waals surface area contributed by atoms with Gasteiger partial charge in [-0.3, -0.25) is 4.79 Å². The van der Waals surface area contributed by atoms with E-state index in [4.69, 9.17) is 4.74 Å². The number of amides is 1. The molecule has 0 unspecified atom stereocenters. The molecule has 1 amide bonds. The Bertz CT molecular complexity index is 728. The van der Waals surface area contributed by atoms with Gasteiger partial charge in [0.2, 0.25) is 0 Å². The van der Waals surface area contributed by atoms with Crippen LogP contribution in [-0.4, -0.2) is 12.5 Å². The number of ether oxygens (including phenoxy) is 1. The molecule has 0 saturated carbocycles. The Morgan fingerprint density at radius 3 is 2.46 bits per heavy atom. The topological polar surface area (TPSA) is 38.3 Å². The maximum atomic E-state index is 12.2. The molecular formula is C20H24BrNO2. The van der Waals surface area contributed by atoms with Crippen LogP contribution in [0.25, 0.3) is 0 Å². The van der Waals surface area contributed by atoms with Crippen LogP contribution in [0.15, 0.2) is 40.9 Å². The molecule has 3 nitrogen and oxygen atoms in total. The van der Waals surface area contributed by atoms with Crippen molar-refractivity contribution in [1.82, 2.24) is 5.32 Å². The summed E-state index contributed by atoms with van der Waals surface area (Å²) in [6, 6.07) is 12.0. The minimum Gasteiger partial charge on any atom is -0.484 e. The lowest BCUT2D eigenvalue weighted by atomic mass is 9.99. The second-order valence-corrected chi connectivity index (χ2v) is 6.93. The van der Waals surface area contributed by atoms with Gasteiger partial charge in [-0.2, -0.15) is 0 Å². The summed E-state index contributed by atoms with van der Waals surface area (Å²) in [5.74, 6) is 0.589. The lowest BCUT2D eigenvalue weighted by Gasteiger charge is -2.19. The number of aryl methyl sites for hydroxylation is 3. The van der Waals surface area contributed by atoms with Crippen molar-refractivity contribution >= 4 is 21.8 Å². The summed E-state index contributed by atoms with van der Waals surface area (Å²) in [6.45, 7) is 8.25. The maximum Gasteiger partial charge on any atom is 0.258 e. The summed E-state index contributed by atoms with van der Waals surface area (Å²) in [4.78, 5) is 12.2. The molecule has 0 aliphatic carbocycles. The SMILES string of the molecule is CC[C@H](NC(=O)COc1ccc(Br)c(C)c1)c1ccc(C)c(C)c1. The van der Waals surface area contributed by atoms with Crippen LogP contribution >= 0.6 is 15.9 Å². The Kier molecular flexibility index (Phi) is 6.44. The van der Waals surface area contributed by atoms with Gasteiger partial charge >= 0.3 is 0 Å². The van der Waals surface area contributed by atoms with E-state index in [9.17, 15) is 4.79 Å². The van der Waals surface area contributed by atoms with Gasteiger partial charge in [-0.1, -0.05) is 41.1 Å². The molecule has 2 aromatic carbocycles. The number of carbonyl (C=O) groups is 1. The van der Waals surface area contributed by atoms with E-state index in [1.54, 1.807) is 0 Å². The number of nitrogens with one attached hydrogen (secondary N) is 1. The predicted molar refractivity (Wildman–Crippen MR) is 101 cm³/mol. The van der Waals surface area contributed by atoms with E-state index in [-0.39, 0.29) is 18.6 Å². The van der Waals surface area contributed by atoms with Gasteiger partial charge in [-0.05, 0) is 67.6 Å². The van der Waals surface area contributed by atoms with Crippen molar-refractivity contribution in [2.75, 3.05) is 6.61 Å². The van der Waals surface area contributed by atoms with Crippen LogP contribution in [-0.2, 0) is 4.79 Å². The largest absolute Gasteiger partial charge is 0.484 e. The highest BCUT2D eigenvalue weighted by atomic mass is 79.9. The number of halogens is 1. The molecule has 0 fully saturated rings. The van der Waals surface area contributed by atoms with Gasteiger partial charge in [0.05, 0.1) is 6.04 Å². The van der Waals surface area contributed by atoms with E-state index in [2.05, 4.69) is 60.2 Å². The predicted octanol–water partition coefficient (Wildman–Crippen LogP) is 5.02. The summed E-state index contributed by atoms with van der Waals surface area (Å²) in [5, 5.41) is 3.05. The zero-order valence-electron chi connectivity index (χ0n) is 14.7. The highest BCUT2D eigenvalue weighted by Crippen LogP contribution is 2.22. The normalized spacial score (nSPS) is 11.9. The lowest BCUT2D eigenvalue weighted by Crippen LogP contribution is -2.32. The van der Waals surface area contributed by atoms with Crippen molar-refractivity contribution in [2.45, 2.75) is 40.2 Å². The third-order valence-corrected chi connectivity index (χ3v) is 5.07. The number of rotatable bonds is 6. The van der Waals surface area contributed by atoms with Crippen molar-refractivity contribution in [3.8, 4) is 5.75 Å². The fourth-order valence-electron chi connectivity index (χ4n) is 2.49. The molecule has 4 heteroatoms. The highest BCUT2D eigenvalue weighted by Gasteiger charge is 2.14. The Morgan fingerprint density at radius 1 is 1.08 bits per heavy atom. The third kappa shape index (κ3) is 4.84. The zero-order chi connectivity index (χ0) is 17.7. The number of benzene rings is 2. The third-order valence-electron chi connectivity index (χ3n) is 4.18. The summed E-state index contributed by atoms with van der Waals surface area (Å²) in [6.07, 6.45) is 0.839. The average Bonchev–Trinajstić information content (AvgIpc) is 2.56. The summed E-state index contributed by atoms with van der Waals surface area (Å²) < 4.78 is 6.62. The molecule has 128 valence electrons. The van der Waals surface area contributed by atoms with E-state index in [1.807, 2.05) is 25.1 Å². The van der Waals surface area contributed by atoms with E-state index in [1.165, 1.54) is 11.1 Å². The molecule has 0 radical (unpaired) electrons. The first-order chi connectivity index (χ1) is 11.4. The van der Waals surface area contributed by atoms with Gasteiger partial charge in [0.15, 0.2) is 6.61 Å². The van der Waals surface area contributed by atoms with Gasteiger partial charge in [0, 0.05) is 4.47 Å². The molecule has 1 N–H and O–H groups in total. The smallest absolute Gasteiger partial charge is 0.258 e. The molecule has 0 saturated heterocycles. The molecule has 0 spiro atoms. The standard InChI is InChI=1S/C20H24BrNO2/c1-5-19(16-7-6-13(2)14(3)10-16)22-20(23)12-24-17-8-9-18(21)15(4)11-17/h6-11,19H,5,12H2,1-4H3,(H,22,23)/t19-/m0/s1. The number of hydrogen-bond donors (Lipinski definition) is 1. The van der Waals surface area contributed by atoms with Gasteiger partial charge in [0.1, 0.15) is 5.75 Å². The molecule has 0 aromatic heterocycles. The molecule has 0 bridgehead atoms. The van der Waals surface area contributed by atoms with Gasteiger partial charge < -0.3 is 10.1 Å². The molecule has 0 heterocycles. The van der Waals surface area contributed by atoms with Gasteiger partial charge in [-0.25, -0.2) is 0 Å². The summed E-state index contributed by atoms with van der Waals surface area (Å²) in [5.41, 5.74) is 4.71. The molecular weight excluding hydrogens is 366 g/mol. The fraction of sp³-hybridized carbons (Fsp3) is 0.350. The molecule has 24 heavy (non-hydrogen) atoms. The van der Waals surface area contributed by atoms with E-state index < -0.39 is 0 Å². The Hall–Kier alpha value is -1.81. The Labute approximate surface area is 152 Å². The number of hydrogen-bond acceptors (Lipinski definition) is 2. The first-order valence-electron chi connectivity index (χ1n) is 8.16. The fourth-order valence-corrected chi connectivity index (χ4v) is 2.74. The van der Waals surface area contributed by atoms with Gasteiger partial charge in [0.25, 0.3) is 5.91 Å². The lowest BCUT2D eigenvalue weighted by molar-refractivity contribution is -0.123. The molecule has 0 aliphatic heterocycles. The van der Waals surface area contributed by atoms with Crippen molar-refractivity contribution in [3.05, 3.63) is 63.1 Å². The quantitative estimate of drug-likeness (QED) is 0.752. The Morgan fingerprint density at radius 2 is 1.83 bits per heavy atom. The molecule has 0 aliphatic rings. The molecule has 2 aromatic rings. The second-order valence-electron chi connectivity index (χ2n) is 6.07. The second kappa shape index (κ2) is 8.34. The molecule has 2 rings (SSSR count). The van der Waals surface area contributed by atoms with Crippen molar-refractivity contribution in [1.29, 1.82) is 0 Å². The zero-order valence-corrected chi connectivity index (χ0v) is 16.2. The van der Waals surface area contributed by atoms with Crippen molar-refractivity contribution in [3.63, 3.8) is 0 Å². The minimum atomic E-state index is -0.111. The van der Waals surface area contributed by atoms with Crippen LogP contribution in [0.1, 0.15) is 41.6 Å². The van der Waals surface area contributed by atoms with Crippen LogP contribution in [0.5, 0.6) is 5.75 Å². The van der Waals surface area contributed by atoms with Crippen LogP contribution < -0.4 is 10.1 Å². The first-order valence-corrected chi connectivity index (χ1v) is 8.95. The maximum absolute atomic E-state index is 12.2. The first kappa shape index (κ1) is 18.5. The number of carbonyl (C=O) groups excluding carboxylic acids is 1. The minimum absolute atomic E-state index is 0.00653. The average molecular weight is 390 g/mol. The highest BCUT2D eigenvalue weighted by molar-refractivity contribution is 9.10. The van der Waals surface area contributed by atoms with Crippen molar-refractivity contribution in [2.24, 2.45) is 0 Å². The van der Waals surface area contributed by atoms with Crippen LogP contribution in [0.2, 0.25) is 0 Å². The molecule has 1 atom stereocenters. The van der Waals surface area contributed by atoms with E-state index >= 15 is 0 Å². The summed E-state index contributed by atoms with van der Waals surface area (Å²) in [7, 11) is 0. The van der Waals surface area contributed by atoms with Crippen LogP contribution in [0.4, 0.5) is 0 Å². The Balaban J connectivity index is 1.96. The van der Waals surface area contributed by atoms with E-state index in [0.717, 1.165) is 22.0 Å². The van der Waals surface area contributed by atoms with Crippen LogP contribution in [0, 0.1) is 20.8 Å². The van der Waals surface area contributed by atoms with Crippen molar-refractivity contribution < 1.29 is 9.53 Å². The van der Waals surface area contributed by atoms with Crippen LogP contribution in [0.3, 0.4) is 0 Å². The van der Waals surface area contributed by atoms with E-state index in [0.29, 0.717) is 5.75 Å².